The summed E-state index contributed by atoms with van der Waals surface area (Å²) in [6, 6.07) is 3.50. The highest BCUT2D eigenvalue weighted by Gasteiger charge is 2.30. The van der Waals surface area contributed by atoms with Crippen LogP contribution in [0.15, 0.2) is 23.4 Å². The number of pyridine rings is 1. The fraction of sp³-hybridized carbons (Fsp3) is 0.562. The third-order valence-corrected chi connectivity index (χ3v) is 4.50. The van der Waals surface area contributed by atoms with E-state index in [-0.39, 0.29) is 24.3 Å². The number of hydrogen-bond acceptors (Lipinski definition) is 5. The van der Waals surface area contributed by atoms with Crippen molar-refractivity contribution in [1.82, 2.24) is 9.88 Å². The lowest BCUT2D eigenvalue weighted by atomic mass is 9.98. The van der Waals surface area contributed by atoms with Crippen LogP contribution in [0.2, 0.25) is 0 Å². The molecule has 1 fully saturated rings. The third kappa shape index (κ3) is 4.00. The van der Waals surface area contributed by atoms with Crippen LogP contribution >= 0.6 is 11.8 Å². The van der Waals surface area contributed by atoms with Gasteiger partial charge in [-0.1, -0.05) is 0 Å². The molecule has 1 aromatic rings. The summed E-state index contributed by atoms with van der Waals surface area (Å²) in [5, 5.41) is 0.730. The fourth-order valence-corrected chi connectivity index (χ4v) is 3.30. The van der Waals surface area contributed by atoms with Gasteiger partial charge in [0, 0.05) is 18.8 Å². The van der Waals surface area contributed by atoms with E-state index >= 15 is 0 Å². The van der Waals surface area contributed by atoms with Crippen LogP contribution in [-0.4, -0.2) is 47.2 Å². The normalized spacial score (nSPS) is 18.1. The molecule has 2 rings (SSSR count). The molecule has 0 radical (unpaired) electrons. The average Bonchev–Trinajstić information content (AvgIpc) is 2.55. The van der Waals surface area contributed by atoms with Crippen LogP contribution in [0.4, 0.5) is 0 Å². The monoisotopic (exact) mass is 322 g/mol. The maximum Gasteiger partial charge on any atom is 0.307 e. The highest BCUT2D eigenvalue weighted by atomic mass is 32.2. The van der Waals surface area contributed by atoms with Gasteiger partial charge in [-0.2, -0.15) is 0 Å². The number of nitrogens with zero attached hydrogens (tertiary/aromatic N) is 2. The number of carbonyl (C=O) groups is 2. The molecule has 1 aromatic heterocycles. The van der Waals surface area contributed by atoms with E-state index in [4.69, 9.17) is 4.74 Å². The number of hydrogen-bond donors (Lipinski definition) is 0. The van der Waals surface area contributed by atoms with Gasteiger partial charge in [-0.25, -0.2) is 4.98 Å². The van der Waals surface area contributed by atoms with Gasteiger partial charge in [-0.15, -0.1) is 11.8 Å². The highest BCUT2D eigenvalue weighted by molar-refractivity contribution is 7.98. The third-order valence-electron chi connectivity index (χ3n) is 3.79. The topological polar surface area (TPSA) is 59.5 Å². The maximum atomic E-state index is 12.8. The molecular weight excluding hydrogens is 300 g/mol. The van der Waals surface area contributed by atoms with E-state index in [1.807, 2.05) is 11.2 Å². The van der Waals surface area contributed by atoms with E-state index in [2.05, 4.69) is 4.98 Å². The van der Waals surface area contributed by atoms with E-state index in [9.17, 15) is 9.59 Å². The Morgan fingerprint density at radius 2 is 2.27 bits per heavy atom. The summed E-state index contributed by atoms with van der Waals surface area (Å²) >= 11 is 1.46. The first-order valence-electron chi connectivity index (χ1n) is 7.63. The largest absolute Gasteiger partial charge is 0.466 e. The summed E-state index contributed by atoms with van der Waals surface area (Å²) < 4.78 is 5.03. The Hall–Kier alpha value is -1.56. The standard InChI is InChI=1S/C16H22N2O3S/c1-3-21-14(19)11-12-7-4-5-10-18(12)16(20)13-8-6-9-17-15(13)22-2/h6,8-9,12H,3-5,7,10-11H2,1-2H3/t12-/m0/s1. The Morgan fingerprint density at radius 3 is 3.00 bits per heavy atom. The molecule has 6 heteroatoms. The number of likely N-dealkylation sites (tertiary alicyclic amines) is 1. The molecular formula is C16H22N2O3S. The van der Waals surface area contributed by atoms with E-state index in [1.54, 1.807) is 25.3 Å². The van der Waals surface area contributed by atoms with E-state index in [0.29, 0.717) is 18.7 Å². The lowest BCUT2D eigenvalue weighted by molar-refractivity contribution is -0.144. The molecule has 0 N–H and O–H groups in total. The van der Waals surface area contributed by atoms with Crippen LogP contribution < -0.4 is 0 Å². The van der Waals surface area contributed by atoms with Crippen LogP contribution in [0.1, 0.15) is 43.0 Å². The zero-order valence-electron chi connectivity index (χ0n) is 13.1. The van der Waals surface area contributed by atoms with Gasteiger partial charge in [0.15, 0.2) is 0 Å². The van der Waals surface area contributed by atoms with Gasteiger partial charge in [0.05, 0.1) is 18.6 Å². The zero-order chi connectivity index (χ0) is 15.9. The molecule has 1 aliphatic rings. The molecule has 0 aromatic carbocycles. The van der Waals surface area contributed by atoms with Gasteiger partial charge < -0.3 is 9.64 Å². The van der Waals surface area contributed by atoms with Crippen molar-refractivity contribution in [1.29, 1.82) is 0 Å². The number of rotatable bonds is 5. The molecule has 0 unspecified atom stereocenters. The van der Waals surface area contributed by atoms with Crippen molar-refractivity contribution in [3.05, 3.63) is 23.9 Å². The Balaban J connectivity index is 2.16. The smallest absolute Gasteiger partial charge is 0.307 e. The van der Waals surface area contributed by atoms with E-state index < -0.39 is 0 Å². The van der Waals surface area contributed by atoms with Crippen LogP contribution in [0.3, 0.4) is 0 Å². The number of carbonyl (C=O) groups excluding carboxylic acids is 2. The van der Waals surface area contributed by atoms with Gasteiger partial charge in [0.2, 0.25) is 0 Å². The molecule has 1 aliphatic heterocycles. The van der Waals surface area contributed by atoms with E-state index in [0.717, 1.165) is 24.3 Å². The van der Waals surface area contributed by atoms with Crippen molar-refractivity contribution in [2.45, 2.75) is 43.7 Å². The molecule has 2 heterocycles. The molecule has 120 valence electrons. The Bertz CT molecular complexity index is 536. The number of thioether (sulfide) groups is 1. The second-order valence-corrected chi connectivity index (χ2v) is 6.01. The molecule has 1 amide bonds. The molecule has 0 spiro atoms. The van der Waals surface area contributed by atoms with Crippen molar-refractivity contribution in [3.8, 4) is 0 Å². The predicted molar refractivity (Wildman–Crippen MR) is 85.9 cm³/mol. The van der Waals surface area contributed by atoms with Crippen LogP contribution in [0.25, 0.3) is 0 Å². The summed E-state index contributed by atoms with van der Waals surface area (Å²) in [4.78, 5) is 30.7. The van der Waals surface area contributed by atoms with Crippen LogP contribution in [-0.2, 0) is 9.53 Å². The minimum atomic E-state index is -0.233. The summed E-state index contributed by atoms with van der Waals surface area (Å²) in [5.74, 6) is -0.269. The number of esters is 1. The van der Waals surface area contributed by atoms with Gasteiger partial charge in [-0.3, -0.25) is 9.59 Å². The number of amides is 1. The first kappa shape index (κ1) is 16.8. The maximum absolute atomic E-state index is 12.8. The minimum absolute atomic E-state index is 0.0357. The molecule has 1 saturated heterocycles. The number of ether oxygens (including phenoxy) is 1. The first-order chi connectivity index (χ1) is 10.7. The molecule has 0 bridgehead atoms. The zero-order valence-corrected chi connectivity index (χ0v) is 13.9. The van der Waals surface area contributed by atoms with Gasteiger partial charge >= 0.3 is 5.97 Å². The van der Waals surface area contributed by atoms with E-state index in [1.165, 1.54) is 11.8 Å². The van der Waals surface area contributed by atoms with Crippen LogP contribution in [0.5, 0.6) is 0 Å². The second-order valence-electron chi connectivity index (χ2n) is 5.22. The van der Waals surface area contributed by atoms with Gasteiger partial charge in [0.1, 0.15) is 5.03 Å². The van der Waals surface area contributed by atoms with Gasteiger partial charge in [0.25, 0.3) is 5.91 Å². The van der Waals surface area contributed by atoms with Crippen molar-refractivity contribution in [2.75, 3.05) is 19.4 Å². The molecule has 0 saturated carbocycles. The summed E-state index contributed by atoms with van der Waals surface area (Å²) in [7, 11) is 0. The minimum Gasteiger partial charge on any atom is -0.466 e. The molecule has 0 aliphatic carbocycles. The quantitative estimate of drug-likeness (QED) is 0.616. The average molecular weight is 322 g/mol. The van der Waals surface area contributed by atoms with Crippen molar-refractivity contribution in [2.24, 2.45) is 0 Å². The predicted octanol–water partition coefficient (Wildman–Crippen LogP) is 2.75. The molecule has 22 heavy (non-hydrogen) atoms. The number of piperidine rings is 1. The van der Waals surface area contributed by atoms with Crippen LogP contribution in [0, 0.1) is 0 Å². The van der Waals surface area contributed by atoms with Crippen molar-refractivity contribution < 1.29 is 14.3 Å². The Labute approximate surface area is 135 Å². The summed E-state index contributed by atoms with van der Waals surface area (Å²) in [5.41, 5.74) is 0.616. The molecule has 5 nitrogen and oxygen atoms in total. The number of aromatic nitrogens is 1. The Morgan fingerprint density at radius 1 is 1.45 bits per heavy atom. The fourth-order valence-electron chi connectivity index (χ4n) is 2.76. The first-order valence-corrected chi connectivity index (χ1v) is 8.85. The lowest BCUT2D eigenvalue weighted by Gasteiger charge is -2.35. The lowest BCUT2D eigenvalue weighted by Crippen LogP contribution is -2.45. The highest BCUT2D eigenvalue weighted by Crippen LogP contribution is 2.25. The summed E-state index contributed by atoms with van der Waals surface area (Å²) in [6.07, 6.45) is 6.73. The van der Waals surface area contributed by atoms with Crippen molar-refractivity contribution >= 4 is 23.6 Å². The van der Waals surface area contributed by atoms with Crippen molar-refractivity contribution in [3.63, 3.8) is 0 Å². The summed E-state index contributed by atoms with van der Waals surface area (Å²) in [6.45, 7) is 2.85. The second kappa shape index (κ2) is 8.17. The van der Waals surface area contributed by atoms with Gasteiger partial charge in [-0.05, 0) is 44.6 Å². The Kier molecular flexibility index (Phi) is 6.24. The molecule has 1 atom stereocenters. The SMILES string of the molecule is CCOC(=O)C[C@@H]1CCCCN1C(=O)c1cccnc1SC.